The number of carbonyl (C=O) groups is 1. The fraction of sp³-hybridized carbons (Fsp3) is 0.0714. The van der Waals surface area contributed by atoms with Gasteiger partial charge in [0.2, 0.25) is 0 Å². The molecule has 0 heterocycles. The van der Waals surface area contributed by atoms with Gasteiger partial charge in [-0.05, 0) is 58.4 Å². The quantitative estimate of drug-likeness (QED) is 0.831. The molecule has 1 amide bonds. The van der Waals surface area contributed by atoms with Crippen LogP contribution in [0.1, 0.15) is 10.4 Å². The topological polar surface area (TPSA) is 38.3 Å². The molecule has 0 radical (unpaired) electrons. The second-order valence-electron chi connectivity index (χ2n) is 3.85. The zero-order valence-corrected chi connectivity index (χ0v) is 12.7. The van der Waals surface area contributed by atoms with Crippen molar-refractivity contribution in [3.05, 3.63) is 52.5 Å². The van der Waals surface area contributed by atoms with Crippen LogP contribution >= 0.6 is 28.6 Å². The Morgan fingerprint density at radius 3 is 2.47 bits per heavy atom. The zero-order chi connectivity index (χ0) is 13.8. The maximum atomic E-state index is 12.0. The highest BCUT2D eigenvalue weighted by molar-refractivity contribution is 9.10. The van der Waals surface area contributed by atoms with Gasteiger partial charge in [-0.25, -0.2) is 0 Å². The van der Waals surface area contributed by atoms with Crippen LogP contribution in [0.25, 0.3) is 0 Å². The number of hydrogen-bond acceptors (Lipinski definition) is 3. The fourth-order valence-electron chi connectivity index (χ4n) is 1.56. The molecule has 5 heteroatoms. The van der Waals surface area contributed by atoms with E-state index in [1.807, 2.05) is 0 Å². The van der Waals surface area contributed by atoms with E-state index in [0.717, 1.165) is 15.1 Å². The van der Waals surface area contributed by atoms with Gasteiger partial charge in [0.15, 0.2) is 0 Å². The van der Waals surface area contributed by atoms with Crippen molar-refractivity contribution < 1.29 is 9.53 Å². The molecule has 0 aliphatic heterocycles. The van der Waals surface area contributed by atoms with Crippen LogP contribution in [0.2, 0.25) is 0 Å². The van der Waals surface area contributed by atoms with Gasteiger partial charge in [-0.2, -0.15) is 0 Å². The predicted octanol–water partition coefficient (Wildman–Crippen LogP) is 4.00. The first-order valence-corrected chi connectivity index (χ1v) is 6.78. The van der Waals surface area contributed by atoms with E-state index >= 15 is 0 Å². The highest BCUT2D eigenvalue weighted by Crippen LogP contribution is 2.27. The Morgan fingerprint density at radius 2 is 1.89 bits per heavy atom. The summed E-state index contributed by atoms with van der Waals surface area (Å²) in [4.78, 5) is 12.8. The fourth-order valence-corrected chi connectivity index (χ4v) is 2.25. The Labute approximate surface area is 125 Å². The molecular weight excluding hydrogens is 326 g/mol. The van der Waals surface area contributed by atoms with Crippen molar-refractivity contribution in [3.63, 3.8) is 0 Å². The van der Waals surface area contributed by atoms with Gasteiger partial charge in [-0.15, -0.1) is 12.6 Å². The average molecular weight is 338 g/mol. The number of amides is 1. The van der Waals surface area contributed by atoms with Gasteiger partial charge >= 0.3 is 0 Å². The molecule has 0 unspecified atom stereocenters. The second kappa shape index (κ2) is 6.12. The van der Waals surface area contributed by atoms with Crippen molar-refractivity contribution in [2.75, 3.05) is 12.4 Å². The van der Waals surface area contributed by atoms with Crippen molar-refractivity contribution >= 4 is 40.2 Å². The van der Waals surface area contributed by atoms with E-state index in [0.29, 0.717) is 11.3 Å². The van der Waals surface area contributed by atoms with Crippen molar-refractivity contribution in [1.29, 1.82) is 0 Å². The lowest BCUT2D eigenvalue weighted by molar-refractivity contribution is 0.102. The average Bonchev–Trinajstić information content (AvgIpc) is 2.39. The van der Waals surface area contributed by atoms with Crippen LogP contribution in [0.5, 0.6) is 5.75 Å². The molecule has 0 bridgehead atoms. The van der Waals surface area contributed by atoms with E-state index in [-0.39, 0.29) is 5.91 Å². The van der Waals surface area contributed by atoms with Crippen LogP contribution in [0.4, 0.5) is 5.69 Å². The number of ether oxygens (including phenoxy) is 1. The summed E-state index contributed by atoms with van der Waals surface area (Å²) in [6.07, 6.45) is 0. The summed E-state index contributed by atoms with van der Waals surface area (Å²) in [5.41, 5.74) is 1.29. The molecule has 0 aliphatic carbocycles. The number of carbonyl (C=O) groups excluding carboxylic acids is 1. The monoisotopic (exact) mass is 337 g/mol. The number of halogens is 1. The Hall–Kier alpha value is -1.46. The number of methoxy groups -OCH3 is 1. The number of anilines is 1. The van der Waals surface area contributed by atoms with Crippen LogP contribution in [0.15, 0.2) is 51.8 Å². The molecule has 0 saturated carbocycles. The van der Waals surface area contributed by atoms with E-state index < -0.39 is 0 Å². The first-order chi connectivity index (χ1) is 9.10. The first-order valence-electron chi connectivity index (χ1n) is 5.54. The zero-order valence-electron chi connectivity index (χ0n) is 10.2. The summed E-state index contributed by atoms with van der Waals surface area (Å²) in [5, 5.41) is 2.82. The van der Waals surface area contributed by atoms with Crippen molar-refractivity contribution in [3.8, 4) is 5.75 Å². The minimum atomic E-state index is -0.162. The molecule has 0 saturated heterocycles. The van der Waals surface area contributed by atoms with E-state index in [9.17, 15) is 4.79 Å². The van der Waals surface area contributed by atoms with Gasteiger partial charge in [0.1, 0.15) is 5.75 Å². The predicted molar refractivity (Wildman–Crippen MR) is 82.3 cm³/mol. The van der Waals surface area contributed by atoms with Crippen molar-refractivity contribution in [2.45, 2.75) is 4.90 Å². The van der Waals surface area contributed by atoms with Crippen molar-refractivity contribution in [2.24, 2.45) is 0 Å². The number of nitrogens with one attached hydrogen (secondary N) is 1. The number of benzene rings is 2. The summed E-state index contributed by atoms with van der Waals surface area (Å²) in [5.74, 6) is 0.558. The Kier molecular flexibility index (Phi) is 4.50. The van der Waals surface area contributed by atoms with Gasteiger partial charge in [-0.3, -0.25) is 4.79 Å². The van der Waals surface area contributed by atoms with Crippen LogP contribution in [-0.4, -0.2) is 13.0 Å². The summed E-state index contributed by atoms with van der Waals surface area (Å²) in [7, 11) is 1.59. The van der Waals surface area contributed by atoms with E-state index in [1.165, 1.54) is 0 Å². The molecule has 0 atom stereocenters. The Balaban J connectivity index is 2.14. The third kappa shape index (κ3) is 3.52. The summed E-state index contributed by atoms with van der Waals surface area (Å²) < 4.78 is 5.92. The SMILES string of the molecule is COc1ccc(NC(=O)c2ccc(S)cc2)cc1Br. The third-order valence-electron chi connectivity index (χ3n) is 2.54. The minimum absolute atomic E-state index is 0.162. The van der Waals surface area contributed by atoms with Crippen LogP contribution in [0, 0.1) is 0 Å². The molecule has 0 aliphatic rings. The van der Waals surface area contributed by atoms with Crippen LogP contribution in [0.3, 0.4) is 0 Å². The van der Waals surface area contributed by atoms with Gasteiger partial charge in [0, 0.05) is 16.1 Å². The molecule has 19 heavy (non-hydrogen) atoms. The molecular formula is C14H12BrNO2S. The molecule has 3 nitrogen and oxygen atoms in total. The van der Waals surface area contributed by atoms with E-state index in [4.69, 9.17) is 4.74 Å². The first kappa shape index (κ1) is 14.0. The normalized spacial score (nSPS) is 10.1. The molecule has 0 aromatic heterocycles. The van der Waals surface area contributed by atoms with Crippen molar-refractivity contribution in [1.82, 2.24) is 0 Å². The second-order valence-corrected chi connectivity index (χ2v) is 5.22. The number of rotatable bonds is 3. The standard InChI is InChI=1S/C14H12BrNO2S/c1-18-13-7-4-10(8-12(13)15)16-14(17)9-2-5-11(19)6-3-9/h2-8,19H,1H3,(H,16,17). The summed E-state index contributed by atoms with van der Waals surface area (Å²) >= 11 is 7.56. The van der Waals surface area contributed by atoms with Crippen LogP contribution < -0.4 is 10.1 Å². The maximum Gasteiger partial charge on any atom is 0.255 e. The summed E-state index contributed by atoms with van der Waals surface area (Å²) in [6.45, 7) is 0. The summed E-state index contributed by atoms with van der Waals surface area (Å²) in [6, 6.07) is 12.4. The molecule has 2 aromatic carbocycles. The molecule has 98 valence electrons. The lowest BCUT2D eigenvalue weighted by Crippen LogP contribution is -2.11. The molecule has 2 rings (SSSR count). The minimum Gasteiger partial charge on any atom is -0.496 e. The molecule has 2 aromatic rings. The Morgan fingerprint density at radius 1 is 1.21 bits per heavy atom. The lowest BCUT2D eigenvalue weighted by atomic mass is 10.2. The Bertz CT molecular complexity index is 599. The van der Waals surface area contributed by atoms with E-state index in [1.54, 1.807) is 49.6 Å². The molecule has 1 N–H and O–H groups in total. The highest BCUT2D eigenvalue weighted by atomic mass is 79.9. The van der Waals surface area contributed by atoms with Gasteiger partial charge in [0.05, 0.1) is 11.6 Å². The molecule has 0 fully saturated rings. The third-order valence-corrected chi connectivity index (χ3v) is 3.46. The largest absolute Gasteiger partial charge is 0.496 e. The van der Waals surface area contributed by atoms with Gasteiger partial charge < -0.3 is 10.1 Å². The molecule has 0 spiro atoms. The maximum absolute atomic E-state index is 12.0. The van der Waals surface area contributed by atoms with Gasteiger partial charge in [0.25, 0.3) is 5.91 Å². The highest BCUT2D eigenvalue weighted by Gasteiger charge is 2.07. The van der Waals surface area contributed by atoms with Gasteiger partial charge in [-0.1, -0.05) is 0 Å². The number of hydrogen-bond donors (Lipinski definition) is 2. The smallest absolute Gasteiger partial charge is 0.255 e. The number of thiol groups is 1. The van der Waals surface area contributed by atoms with E-state index in [2.05, 4.69) is 33.9 Å². The van der Waals surface area contributed by atoms with Crippen LogP contribution in [-0.2, 0) is 0 Å². The lowest BCUT2D eigenvalue weighted by Gasteiger charge is -2.08.